The molecule has 2 rings (SSSR count). The summed E-state index contributed by atoms with van der Waals surface area (Å²) in [6.07, 6.45) is 1.47. The summed E-state index contributed by atoms with van der Waals surface area (Å²) in [7, 11) is 0. The smallest absolute Gasteiger partial charge is 0.271 e. The second-order valence-corrected chi connectivity index (χ2v) is 6.61. The summed E-state index contributed by atoms with van der Waals surface area (Å²) >= 11 is 12.4. The van der Waals surface area contributed by atoms with Gasteiger partial charge in [0.2, 0.25) is 0 Å². The molecule has 0 heterocycles. The number of aryl methyl sites for hydroxylation is 1. The highest BCUT2D eigenvalue weighted by Crippen LogP contribution is 2.32. The number of aromatic hydroxyl groups is 1. The van der Waals surface area contributed by atoms with E-state index in [0.717, 1.165) is 5.56 Å². The summed E-state index contributed by atoms with van der Waals surface area (Å²) in [4.78, 5) is 11.9. The summed E-state index contributed by atoms with van der Waals surface area (Å²) in [5.74, 6) is -0.245. The minimum atomic E-state index is -0.352. The van der Waals surface area contributed by atoms with Crippen LogP contribution in [0.1, 0.15) is 21.5 Å². The van der Waals surface area contributed by atoms with E-state index in [-0.39, 0.29) is 11.7 Å². The molecule has 22 heavy (non-hydrogen) atoms. The number of phenols is 1. The van der Waals surface area contributed by atoms with Gasteiger partial charge in [-0.25, -0.2) is 5.43 Å². The van der Waals surface area contributed by atoms with Crippen molar-refractivity contribution in [1.29, 1.82) is 0 Å². The third-order valence-corrected chi connectivity index (χ3v) is 4.47. The minimum absolute atomic E-state index is 0.107. The van der Waals surface area contributed by atoms with Crippen LogP contribution in [0.15, 0.2) is 44.4 Å². The van der Waals surface area contributed by atoms with Crippen LogP contribution in [0.25, 0.3) is 0 Å². The van der Waals surface area contributed by atoms with Gasteiger partial charge in [0.15, 0.2) is 0 Å². The summed E-state index contributed by atoms with van der Waals surface area (Å²) < 4.78 is 1.06. The lowest BCUT2D eigenvalue weighted by Gasteiger charge is -2.03. The lowest BCUT2D eigenvalue weighted by Crippen LogP contribution is -2.17. The number of nitrogens with one attached hydrogen (secondary N) is 1. The summed E-state index contributed by atoms with van der Waals surface area (Å²) in [6.45, 7) is 1.86. The van der Waals surface area contributed by atoms with Gasteiger partial charge in [0, 0.05) is 10.6 Å². The van der Waals surface area contributed by atoms with Crippen LogP contribution in [0.5, 0.6) is 5.75 Å². The van der Waals surface area contributed by atoms with Crippen molar-refractivity contribution >= 4 is 55.6 Å². The number of hydrogen-bond acceptors (Lipinski definition) is 3. The highest BCUT2D eigenvalue weighted by atomic mass is 79.9. The van der Waals surface area contributed by atoms with Crippen LogP contribution in [0.3, 0.4) is 0 Å². The highest BCUT2D eigenvalue weighted by Gasteiger charge is 2.07. The predicted octanol–water partition coefficient (Wildman–Crippen LogP) is 4.64. The first-order valence-electron chi connectivity index (χ1n) is 6.16. The van der Waals surface area contributed by atoms with E-state index in [9.17, 15) is 9.90 Å². The molecular formula is C15H11Br2ClN2O2. The van der Waals surface area contributed by atoms with Gasteiger partial charge >= 0.3 is 0 Å². The van der Waals surface area contributed by atoms with Gasteiger partial charge in [-0.2, -0.15) is 5.10 Å². The van der Waals surface area contributed by atoms with E-state index in [1.165, 1.54) is 6.21 Å². The van der Waals surface area contributed by atoms with Gasteiger partial charge in [-0.15, -0.1) is 0 Å². The van der Waals surface area contributed by atoms with Crippen LogP contribution in [-0.2, 0) is 0 Å². The third-order valence-electron chi connectivity index (χ3n) is 2.85. The Hall–Kier alpha value is -1.37. The van der Waals surface area contributed by atoms with Crippen LogP contribution in [-0.4, -0.2) is 17.2 Å². The summed E-state index contributed by atoms with van der Waals surface area (Å²) in [5.41, 5.74) is 4.47. The van der Waals surface area contributed by atoms with Crippen LogP contribution in [0.4, 0.5) is 0 Å². The molecule has 1 amide bonds. The van der Waals surface area contributed by atoms with Crippen molar-refractivity contribution in [2.45, 2.75) is 6.92 Å². The largest absolute Gasteiger partial charge is 0.506 e. The Morgan fingerprint density at radius 3 is 2.50 bits per heavy atom. The van der Waals surface area contributed by atoms with Crippen molar-refractivity contribution in [3.63, 3.8) is 0 Å². The monoisotopic (exact) mass is 444 g/mol. The summed E-state index contributed by atoms with van der Waals surface area (Å²) in [5, 5.41) is 14.0. The number of nitrogens with zero attached hydrogens (tertiary/aromatic N) is 1. The molecule has 0 spiro atoms. The minimum Gasteiger partial charge on any atom is -0.506 e. The number of hydrazone groups is 1. The number of benzene rings is 2. The van der Waals surface area contributed by atoms with Gasteiger partial charge in [0.25, 0.3) is 5.91 Å². The molecule has 0 atom stereocenters. The Morgan fingerprint density at radius 2 is 1.91 bits per heavy atom. The average molecular weight is 447 g/mol. The Morgan fingerprint density at radius 1 is 1.27 bits per heavy atom. The number of halogens is 3. The van der Waals surface area contributed by atoms with Gasteiger partial charge in [-0.1, -0.05) is 17.7 Å². The standard InChI is InChI=1S/C15H11Br2ClN2O2/c1-8-2-3-10(6-13(8)18)15(22)20-19-7-9-4-11(16)14(21)12(17)5-9/h2-7,21H,1H3,(H,20,22)/b19-7-. The molecular weight excluding hydrogens is 435 g/mol. The highest BCUT2D eigenvalue weighted by molar-refractivity contribution is 9.11. The molecule has 0 aromatic heterocycles. The second kappa shape index (κ2) is 7.26. The predicted molar refractivity (Wildman–Crippen MR) is 94.8 cm³/mol. The molecule has 0 fully saturated rings. The van der Waals surface area contributed by atoms with Crippen molar-refractivity contribution < 1.29 is 9.90 Å². The molecule has 7 heteroatoms. The van der Waals surface area contributed by atoms with Crippen molar-refractivity contribution in [1.82, 2.24) is 5.43 Å². The lowest BCUT2D eigenvalue weighted by molar-refractivity contribution is 0.0955. The van der Waals surface area contributed by atoms with Crippen LogP contribution in [0.2, 0.25) is 5.02 Å². The van der Waals surface area contributed by atoms with Crippen LogP contribution < -0.4 is 5.43 Å². The number of amides is 1. The molecule has 0 bridgehead atoms. The van der Waals surface area contributed by atoms with Crippen LogP contribution in [0, 0.1) is 6.92 Å². The maximum Gasteiger partial charge on any atom is 0.271 e. The van der Waals surface area contributed by atoms with Gasteiger partial charge in [-0.3, -0.25) is 4.79 Å². The van der Waals surface area contributed by atoms with Crippen molar-refractivity contribution in [2.75, 3.05) is 0 Å². The Labute approximate surface area is 149 Å². The number of carbonyl (C=O) groups excluding carboxylic acids is 1. The zero-order valence-corrected chi connectivity index (χ0v) is 15.3. The number of rotatable bonds is 3. The molecule has 2 aromatic carbocycles. The topological polar surface area (TPSA) is 61.7 Å². The number of hydrogen-bond donors (Lipinski definition) is 2. The molecule has 0 saturated carbocycles. The SMILES string of the molecule is Cc1ccc(C(=O)N/N=C\c2cc(Br)c(O)c(Br)c2)cc1Cl. The number of phenolic OH excluding ortho intramolecular Hbond substituents is 1. The fraction of sp³-hybridized carbons (Fsp3) is 0.0667. The molecule has 0 saturated heterocycles. The van der Waals surface area contributed by atoms with Gasteiger partial charge < -0.3 is 5.11 Å². The first kappa shape index (κ1) is 17.0. The molecule has 4 nitrogen and oxygen atoms in total. The second-order valence-electron chi connectivity index (χ2n) is 4.50. The molecule has 0 aliphatic rings. The van der Waals surface area contributed by atoms with E-state index in [0.29, 0.717) is 25.1 Å². The van der Waals surface area contributed by atoms with Crippen molar-refractivity contribution in [2.24, 2.45) is 5.10 Å². The van der Waals surface area contributed by atoms with E-state index in [1.54, 1.807) is 30.3 Å². The van der Waals surface area contributed by atoms with E-state index >= 15 is 0 Å². The van der Waals surface area contributed by atoms with Crippen molar-refractivity contribution in [3.05, 3.63) is 61.0 Å². The quantitative estimate of drug-likeness (QED) is 0.533. The van der Waals surface area contributed by atoms with Crippen molar-refractivity contribution in [3.8, 4) is 5.75 Å². The van der Waals surface area contributed by atoms with E-state index in [1.807, 2.05) is 6.92 Å². The zero-order chi connectivity index (χ0) is 16.3. The van der Waals surface area contributed by atoms with Gasteiger partial charge in [0.1, 0.15) is 5.75 Å². The molecule has 114 valence electrons. The maximum absolute atomic E-state index is 11.9. The summed E-state index contributed by atoms with van der Waals surface area (Å²) in [6, 6.07) is 8.40. The fourth-order valence-electron chi connectivity index (χ4n) is 1.62. The van der Waals surface area contributed by atoms with E-state index < -0.39 is 0 Å². The Bertz CT molecular complexity index is 740. The van der Waals surface area contributed by atoms with E-state index in [4.69, 9.17) is 11.6 Å². The molecule has 2 N–H and O–H groups in total. The molecule has 0 radical (unpaired) electrons. The first-order valence-corrected chi connectivity index (χ1v) is 8.12. The fourth-order valence-corrected chi connectivity index (χ4v) is 3.03. The molecule has 0 aliphatic heterocycles. The molecule has 2 aromatic rings. The normalized spacial score (nSPS) is 10.9. The van der Waals surface area contributed by atoms with Gasteiger partial charge in [-0.05, 0) is 74.2 Å². The average Bonchev–Trinajstić information content (AvgIpc) is 2.47. The van der Waals surface area contributed by atoms with E-state index in [2.05, 4.69) is 42.4 Å². The van der Waals surface area contributed by atoms with Crippen LogP contribution >= 0.6 is 43.5 Å². The Balaban J connectivity index is 2.09. The number of carbonyl (C=O) groups is 1. The molecule has 0 unspecified atom stereocenters. The molecule has 0 aliphatic carbocycles. The van der Waals surface area contributed by atoms with Gasteiger partial charge in [0.05, 0.1) is 15.2 Å². The maximum atomic E-state index is 11.9. The third kappa shape index (κ3) is 4.09. The first-order chi connectivity index (χ1) is 10.4. The Kier molecular flexibility index (Phi) is 5.61. The lowest BCUT2D eigenvalue weighted by atomic mass is 10.1. The zero-order valence-electron chi connectivity index (χ0n) is 11.4.